The van der Waals surface area contributed by atoms with Crippen molar-refractivity contribution in [1.82, 2.24) is 19.8 Å². The molecular weight excluding hydrogens is 376 g/mol. The lowest BCUT2D eigenvalue weighted by molar-refractivity contribution is 0.147. The Hall–Kier alpha value is -3.29. The molecule has 0 atom stereocenters. The number of likely N-dealkylation sites (N-methyl/N-ethyl adjacent to an activating group) is 1. The molecule has 0 aliphatic carbocycles. The van der Waals surface area contributed by atoms with Crippen LogP contribution >= 0.6 is 0 Å². The average Bonchev–Trinajstić information content (AvgIpc) is 2.76. The van der Waals surface area contributed by atoms with Gasteiger partial charge in [0.1, 0.15) is 11.5 Å². The SMILES string of the molecule is CN1CCN(Cc2cnc3cc(Oc4ccc(/C(N)=C/C=N)cc4)ccc3n2)CC1. The number of allylic oxidation sites excluding steroid dienone is 1. The van der Waals surface area contributed by atoms with Crippen molar-refractivity contribution in [1.29, 1.82) is 5.41 Å². The van der Waals surface area contributed by atoms with Crippen LogP contribution in [0.25, 0.3) is 16.7 Å². The predicted molar refractivity (Wildman–Crippen MR) is 120 cm³/mol. The summed E-state index contributed by atoms with van der Waals surface area (Å²) in [5.41, 5.74) is 9.96. The van der Waals surface area contributed by atoms with Gasteiger partial charge in [0.15, 0.2) is 0 Å². The number of nitrogens with zero attached hydrogens (tertiary/aromatic N) is 4. The second-order valence-electron chi connectivity index (χ2n) is 7.51. The molecule has 7 heteroatoms. The second kappa shape index (κ2) is 9.02. The molecule has 2 aromatic carbocycles. The lowest BCUT2D eigenvalue weighted by Crippen LogP contribution is -2.44. The van der Waals surface area contributed by atoms with Crippen LogP contribution in [0.4, 0.5) is 0 Å². The normalized spacial score (nSPS) is 16.0. The van der Waals surface area contributed by atoms with Gasteiger partial charge in [0.05, 0.1) is 22.9 Å². The lowest BCUT2D eigenvalue weighted by atomic mass is 10.1. The molecule has 2 heterocycles. The minimum absolute atomic E-state index is 0.546. The summed E-state index contributed by atoms with van der Waals surface area (Å²) in [6.45, 7) is 5.13. The van der Waals surface area contributed by atoms with E-state index in [2.05, 4.69) is 21.8 Å². The van der Waals surface area contributed by atoms with Crippen LogP contribution in [0.1, 0.15) is 11.3 Å². The number of rotatable bonds is 6. The highest BCUT2D eigenvalue weighted by molar-refractivity contribution is 5.81. The maximum Gasteiger partial charge on any atom is 0.129 e. The van der Waals surface area contributed by atoms with E-state index < -0.39 is 0 Å². The van der Waals surface area contributed by atoms with Gasteiger partial charge in [0, 0.05) is 50.7 Å². The predicted octanol–water partition coefficient (Wildman–Crippen LogP) is 3.12. The van der Waals surface area contributed by atoms with E-state index >= 15 is 0 Å². The third kappa shape index (κ3) is 4.82. The molecule has 0 radical (unpaired) electrons. The Balaban J connectivity index is 1.44. The standard InChI is InChI=1S/C23H26N6O/c1-28-10-12-29(13-11-28)16-18-15-26-23-14-20(6-7-22(23)27-18)30-19-4-2-17(3-5-19)21(25)8-9-24/h2-9,14-15,24H,10-13,16,25H2,1H3/b21-8-,24-9?. The molecule has 1 fully saturated rings. The molecule has 0 bridgehead atoms. The van der Waals surface area contributed by atoms with Gasteiger partial charge in [-0.3, -0.25) is 9.88 Å². The molecule has 1 aliphatic heterocycles. The van der Waals surface area contributed by atoms with Crippen LogP contribution in [0.15, 0.2) is 54.7 Å². The third-order valence-electron chi connectivity index (χ3n) is 5.23. The highest BCUT2D eigenvalue weighted by atomic mass is 16.5. The van der Waals surface area contributed by atoms with Crippen LogP contribution in [-0.2, 0) is 6.54 Å². The van der Waals surface area contributed by atoms with Gasteiger partial charge in [-0.15, -0.1) is 0 Å². The summed E-state index contributed by atoms with van der Waals surface area (Å²) in [4.78, 5) is 14.1. The molecule has 3 aromatic rings. The number of hydrogen-bond donors (Lipinski definition) is 2. The van der Waals surface area contributed by atoms with Gasteiger partial charge in [0.2, 0.25) is 0 Å². The van der Waals surface area contributed by atoms with Crippen molar-refractivity contribution in [2.45, 2.75) is 6.54 Å². The summed E-state index contributed by atoms with van der Waals surface area (Å²) < 4.78 is 5.96. The number of nitrogens with one attached hydrogen (secondary N) is 1. The first-order chi connectivity index (χ1) is 14.6. The van der Waals surface area contributed by atoms with E-state index in [4.69, 9.17) is 20.9 Å². The Bertz CT molecular complexity index is 1050. The summed E-state index contributed by atoms with van der Waals surface area (Å²) in [6, 6.07) is 13.2. The molecule has 0 unspecified atom stereocenters. The zero-order valence-electron chi connectivity index (χ0n) is 17.1. The van der Waals surface area contributed by atoms with Gasteiger partial charge < -0.3 is 20.8 Å². The maximum atomic E-state index is 7.10. The van der Waals surface area contributed by atoms with Gasteiger partial charge in [-0.2, -0.15) is 0 Å². The Labute approximate surface area is 176 Å². The van der Waals surface area contributed by atoms with Crippen LogP contribution in [0.3, 0.4) is 0 Å². The Morgan fingerprint density at radius 1 is 1.07 bits per heavy atom. The number of aromatic nitrogens is 2. The van der Waals surface area contributed by atoms with Gasteiger partial charge in [0.25, 0.3) is 0 Å². The number of fused-ring (bicyclic) bond motifs is 1. The molecule has 30 heavy (non-hydrogen) atoms. The maximum absolute atomic E-state index is 7.10. The Morgan fingerprint density at radius 3 is 2.53 bits per heavy atom. The van der Waals surface area contributed by atoms with Crippen molar-refractivity contribution in [3.05, 3.63) is 66.0 Å². The second-order valence-corrected chi connectivity index (χ2v) is 7.51. The highest BCUT2D eigenvalue weighted by Crippen LogP contribution is 2.25. The molecule has 154 valence electrons. The van der Waals surface area contributed by atoms with E-state index in [9.17, 15) is 0 Å². The minimum Gasteiger partial charge on any atom is -0.457 e. The summed E-state index contributed by atoms with van der Waals surface area (Å²) in [5, 5.41) is 7.10. The summed E-state index contributed by atoms with van der Waals surface area (Å²) in [6.07, 6.45) is 4.58. The third-order valence-corrected chi connectivity index (χ3v) is 5.23. The van der Waals surface area contributed by atoms with Crippen LogP contribution in [0, 0.1) is 5.41 Å². The fourth-order valence-corrected chi connectivity index (χ4v) is 3.44. The highest BCUT2D eigenvalue weighted by Gasteiger charge is 2.15. The number of benzene rings is 2. The fraction of sp³-hybridized carbons (Fsp3) is 0.261. The van der Waals surface area contributed by atoms with E-state index in [1.165, 1.54) is 6.21 Å². The average molecular weight is 403 g/mol. The summed E-state index contributed by atoms with van der Waals surface area (Å²) in [5.74, 6) is 1.42. The van der Waals surface area contributed by atoms with Crippen molar-refractivity contribution in [3.63, 3.8) is 0 Å². The smallest absolute Gasteiger partial charge is 0.129 e. The summed E-state index contributed by atoms with van der Waals surface area (Å²) in [7, 11) is 2.16. The van der Waals surface area contributed by atoms with Crippen molar-refractivity contribution in [2.75, 3.05) is 33.2 Å². The molecule has 1 saturated heterocycles. The fourth-order valence-electron chi connectivity index (χ4n) is 3.44. The number of nitrogens with two attached hydrogens (primary N) is 1. The number of hydrogen-bond acceptors (Lipinski definition) is 7. The largest absolute Gasteiger partial charge is 0.457 e. The van der Waals surface area contributed by atoms with Crippen molar-refractivity contribution in [2.24, 2.45) is 5.73 Å². The molecular formula is C23H26N6O. The molecule has 7 nitrogen and oxygen atoms in total. The lowest BCUT2D eigenvalue weighted by Gasteiger charge is -2.31. The van der Waals surface area contributed by atoms with Crippen LogP contribution in [0.2, 0.25) is 0 Å². The minimum atomic E-state index is 0.546. The topological polar surface area (TPSA) is 91.4 Å². The first-order valence-electron chi connectivity index (χ1n) is 10.0. The molecule has 3 N–H and O–H groups in total. The van der Waals surface area contributed by atoms with Crippen molar-refractivity contribution >= 4 is 22.9 Å². The zero-order chi connectivity index (χ0) is 20.9. The van der Waals surface area contributed by atoms with Gasteiger partial charge >= 0.3 is 0 Å². The Morgan fingerprint density at radius 2 is 1.80 bits per heavy atom. The van der Waals surface area contributed by atoms with Gasteiger partial charge in [-0.25, -0.2) is 4.98 Å². The number of piperazine rings is 1. The van der Waals surface area contributed by atoms with Gasteiger partial charge in [-0.1, -0.05) is 0 Å². The molecule has 4 rings (SSSR count). The Kier molecular flexibility index (Phi) is 6.02. The molecule has 0 amide bonds. The first-order valence-corrected chi connectivity index (χ1v) is 10.0. The van der Waals surface area contributed by atoms with E-state index in [-0.39, 0.29) is 0 Å². The van der Waals surface area contributed by atoms with Crippen molar-refractivity contribution < 1.29 is 4.74 Å². The monoisotopic (exact) mass is 402 g/mol. The number of ether oxygens (including phenoxy) is 1. The van der Waals surface area contributed by atoms with Crippen LogP contribution in [-0.4, -0.2) is 59.2 Å². The molecule has 0 spiro atoms. The van der Waals surface area contributed by atoms with Crippen molar-refractivity contribution in [3.8, 4) is 11.5 Å². The van der Waals surface area contributed by atoms with Gasteiger partial charge in [-0.05, 0) is 55.1 Å². The molecule has 0 saturated carbocycles. The van der Waals surface area contributed by atoms with Crippen LogP contribution in [0.5, 0.6) is 11.5 Å². The first kappa shape index (κ1) is 20.0. The van der Waals surface area contributed by atoms with E-state index in [1.54, 1.807) is 6.08 Å². The van der Waals surface area contributed by atoms with E-state index in [1.807, 2.05) is 48.7 Å². The zero-order valence-corrected chi connectivity index (χ0v) is 17.1. The van der Waals surface area contributed by atoms with Crippen LogP contribution < -0.4 is 10.5 Å². The molecule has 1 aromatic heterocycles. The summed E-state index contributed by atoms with van der Waals surface area (Å²) >= 11 is 0. The molecule has 1 aliphatic rings. The quantitative estimate of drug-likeness (QED) is 0.616. The van der Waals surface area contributed by atoms with E-state index in [0.717, 1.165) is 55.0 Å². The van der Waals surface area contributed by atoms with E-state index in [0.29, 0.717) is 17.2 Å².